The zero-order chi connectivity index (χ0) is 23.5. The highest BCUT2D eigenvalue weighted by atomic mass is 35.5. The molecular formula is C28H30Cl2N2O2. The molecule has 0 aliphatic heterocycles. The highest BCUT2D eigenvalue weighted by Gasteiger charge is 2.45. The summed E-state index contributed by atoms with van der Waals surface area (Å²) in [7, 11) is 0. The lowest BCUT2D eigenvalue weighted by Gasteiger charge is -2.23. The van der Waals surface area contributed by atoms with E-state index in [1.165, 1.54) is 11.1 Å². The molecule has 0 spiro atoms. The molecule has 1 heterocycles. The zero-order valence-corrected chi connectivity index (χ0v) is 20.7. The average molecular weight is 497 g/mol. The number of nitrogens with zero attached hydrogens (tertiary/aromatic N) is 1. The number of aliphatic hydroxyl groups excluding tert-OH is 1. The number of aryl methyl sites for hydroxylation is 1. The molecule has 3 aromatic rings. The van der Waals surface area contributed by atoms with Crippen molar-refractivity contribution < 1.29 is 9.84 Å². The number of ether oxygens (including phenoxy) is 1. The van der Waals surface area contributed by atoms with Gasteiger partial charge in [0.1, 0.15) is 5.75 Å². The van der Waals surface area contributed by atoms with Crippen molar-refractivity contribution in [3.8, 4) is 16.9 Å². The van der Waals surface area contributed by atoms with Crippen LogP contribution in [0.2, 0.25) is 10.0 Å². The van der Waals surface area contributed by atoms with Gasteiger partial charge in [0.15, 0.2) is 0 Å². The lowest BCUT2D eigenvalue weighted by Crippen LogP contribution is -2.29. The molecule has 0 saturated heterocycles. The van der Waals surface area contributed by atoms with Crippen molar-refractivity contribution in [2.75, 3.05) is 6.61 Å². The first kappa shape index (κ1) is 23.6. The normalized spacial score (nSPS) is 16.4. The standard InChI is InChI=1S/C28H30Cl2N2O2/c29-25-16-20(26(30)15-19(25)5-3-4-14-33)17-32-28(11-12-28)24-18-31-13-10-22(24)23-6-1-2-7-27(23)34-21-8-9-21/h1-2,6-7,10,13,15-16,18,21,32-33H,3-5,8-9,11-12,14,17H2. The van der Waals surface area contributed by atoms with E-state index >= 15 is 0 Å². The van der Waals surface area contributed by atoms with Gasteiger partial charge in [0.05, 0.1) is 6.10 Å². The van der Waals surface area contributed by atoms with Gasteiger partial charge in [-0.05, 0) is 91.5 Å². The van der Waals surface area contributed by atoms with Gasteiger partial charge in [-0.15, -0.1) is 0 Å². The first-order valence-electron chi connectivity index (χ1n) is 12.1. The van der Waals surface area contributed by atoms with E-state index in [0.29, 0.717) is 12.6 Å². The third-order valence-electron chi connectivity index (χ3n) is 6.77. The Balaban J connectivity index is 1.36. The van der Waals surface area contributed by atoms with Gasteiger partial charge in [-0.2, -0.15) is 0 Å². The minimum absolute atomic E-state index is 0.133. The molecule has 6 heteroatoms. The maximum absolute atomic E-state index is 9.03. The van der Waals surface area contributed by atoms with Crippen LogP contribution < -0.4 is 10.1 Å². The average Bonchev–Trinajstić information content (AvgIpc) is 3.78. The monoisotopic (exact) mass is 496 g/mol. The largest absolute Gasteiger partial charge is 0.490 e. The summed E-state index contributed by atoms with van der Waals surface area (Å²) in [6.45, 7) is 0.826. The molecule has 2 aromatic carbocycles. The summed E-state index contributed by atoms with van der Waals surface area (Å²) < 4.78 is 6.22. The molecule has 0 atom stereocenters. The van der Waals surface area contributed by atoms with E-state index in [-0.39, 0.29) is 12.1 Å². The summed E-state index contributed by atoms with van der Waals surface area (Å²) in [4.78, 5) is 4.47. The Morgan fingerprint density at radius 3 is 2.53 bits per heavy atom. The number of halogens is 2. The number of unbranched alkanes of at least 4 members (excludes halogenated alkanes) is 1. The maximum atomic E-state index is 9.03. The van der Waals surface area contributed by atoms with E-state index in [1.807, 2.05) is 30.6 Å². The van der Waals surface area contributed by atoms with Crippen LogP contribution in [-0.2, 0) is 18.5 Å². The molecule has 178 valence electrons. The van der Waals surface area contributed by atoms with E-state index < -0.39 is 0 Å². The molecule has 1 aromatic heterocycles. The molecule has 0 radical (unpaired) electrons. The van der Waals surface area contributed by atoms with Crippen LogP contribution in [0.25, 0.3) is 11.1 Å². The Kier molecular flexibility index (Phi) is 7.12. The highest BCUT2D eigenvalue weighted by Crippen LogP contribution is 2.50. The molecular weight excluding hydrogens is 467 g/mol. The van der Waals surface area contributed by atoms with Gasteiger partial charge in [-0.1, -0.05) is 41.4 Å². The number of nitrogens with one attached hydrogen (secondary N) is 1. The molecule has 2 aliphatic rings. The molecule has 0 unspecified atom stereocenters. The Morgan fingerprint density at radius 2 is 1.76 bits per heavy atom. The van der Waals surface area contributed by atoms with Crippen molar-refractivity contribution in [2.24, 2.45) is 0 Å². The van der Waals surface area contributed by atoms with E-state index in [2.05, 4.69) is 34.6 Å². The first-order chi connectivity index (χ1) is 16.6. The lowest BCUT2D eigenvalue weighted by molar-refractivity contribution is 0.284. The predicted octanol–water partition coefficient (Wildman–Crippen LogP) is 6.69. The minimum Gasteiger partial charge on any atom is -0.490 e. The summed E-state index contributed by atoms with van der Waals surface area (Å²) in [5, 5.41) is 14.3. The third kappa shape index (κ3) is 5.26. The molecule has 2 saturated carbocycles. The number of rotatable bonds is 11. The van der Waals surface area contributed by atoms with Crippen LogP contribution in [-0.4, -0.2) is 22.8 Å². The summed E-state index contributed by atoms with van der Waals surface area (Å²) in [5.74, 6) is 0.944. The van der Waals surface area contributed by atoms with E-state index in [0.717, 1.165) is 77.4 Å². The quantitative estimate of drug-likeness (QED) is 0.290. The van der Waals surface area contributed by atoms with Crippen molar-refractivity contribution in [1.29, 1.82) is 0 Å². The van der Waals surface area contributed by atoms with Crippen LogP contribution in [0.1, 0.15) is 55.2 Å². The Bertz CT molecular complexity index is 1160. The van der Waals surface area contributed by atoms with Crippen molar-refractivity contribution in [2.45, 2.75) is 63.1 Å². The van der Waals surface area contributed by atoms with E-state index in [1.54, 1.807) is 0 Å². The Hall–Kier alpha value is -2.11. The Morgan fingerprint density at radius 1 is 1.00 bits per heavy atom. The van der Waals surface area contributed by atoms with Crippen LogP contribution in [0, 0.1) is 0 Å². The number of aliphatic hydroxyl groups is 1. The summed E-state index contributed by atoms with van der Waals surface area (Å²) in [6.07, 6.45) is 11.0. The number of hydrogen-bond acceptors (Lipinski definition) is 4. The second-order valence-corrected chi connectivity index (χ2v) is 10.2. The molecule has 4 nitrogen and oxygen atoms in total. The highest BCUT2D eigenvalue weighted by molar-refractivity contribution is 6.34. The second-order valence-electron chi connectivity index (χ2n) is 9.39. The number of pyridine rings is 1. The minimum atomic E-state index is -0.133. The molecule has 2 aliphatic carbocycles. The molecule has 2 N–H and O–H groups in total. The number of hydrogen-bond donors (Lipinski definition) is 2. The summed E-state index contributed by atoms with van der Waals surface area (Å²) in [6, 6.07) is 14.3. The van der Waals surface area contributed by atoms with E-state index in [4.69, 9.17) is 33.0 Å². The van der Waals surface area contributed by atoms with Gasteiger partial charge in [0, 0.05) is 46.7 Å². The van der Waals surface area contributed by atoms with Gasteiger partial charge < -0.3 is 15.2 Å². The smallest absolute Gasteiger partial charge is 0.127 e. The van der Waals surface area contributed by atoms with Crippen molar-refractivity contribution >= 4 is 23.2 Å². The number of aromatic nitrogens is 1. The fourth-order valence-corrected chi connectivity index (χ4v) is 5.02. The predicted molar refractivity (Wildman–Crippen MR) is 138 cm³/mol. The van der Waals surface area contributed by atoms with Gasteiger partial charge in [-0.3, -0.25) is 4.98 Å². The van der Waals surface area contributed by atoms with Gasteiger partial charge in [0.25, 0.3) is 0 Å². The van der Waals surface area contributed by atoms with Crippen LogP contribution in [0.4, 0.5) is 0 Å². The fraction of sp³-hybridized carbons (Fsp3) is 0.393. The number of para-hydroxylation sites is 1. The van der Waals surface area contributed by atoms with Crippen molar-refractivity contribution in [3.05, 3.63) is 81.6 Å². The number of benzene rings is 2. The van der Waals surface area contributed by atoms with Crippen LogP contribution >= 0.6 is 23.2 Å². The summed E-state index contributed by atoms with van der Waals surface area (Å²) in [5.41, 5.74) is 5.38. The molecule has 5 rings (SSSR count). The van der Waals surface area contributed by atoms with Crippen LogP contribution in [0.15, 0.2) is 54.9 Å². The fourth-order valence-electron chi connectivity index (χ4n) is 4.48. The van der Waals surface area contributed by atoms with Crippen LogP contribution in [0.5, 0.6) is 5.75 Å². The van der Waals surface area contributed by atoms with Crippen molar-refractivity contribution in [1.82, 2.24) is 10.3 Å². The lowest BCUT2D eigenvalue weighted by atomic mass is 9.94. The zero-order valence-electron chi connectivity index (χ0n) is 19.2. The topological polar surface area (TPSA) is 54.4 Å². The van der Waals surface area contributed by atoms with Gasteiger partial charge in [0.2, 0.25) is 0 Å². The van der Waals surface area contributed by atoms with Gasteiger partial charge in [-0.25, -0.2) is 0 Å². The molecule has 0 amide bonds. The Labute approximate surface area is 211 Å². The second kappa shape index (κ2) is 10.2. The van der Waals surface area contributed by atoms with E-state index in [9.17, 15) is 0 Å². The molecule has 0 bridgehead atoms. The third-order valence-corrected chi connectivity index (χ3v) is 7.47. The SMILES string of the molecule is OCCCCc1cc(Cl)c(CNC2(c3cnccc3-c3ccccc3OC3CC3)CC2)cc1Cl. The van der Waals surface area contributed by atoms with Crippen molar-refractivity contribution in [3.63, 3.8) is 0 Å². The molecule has 2 fully saturated rings. The molecule has 34 heavy (non-hydrogen) atoms. The maximum Gasteiger partial charge on any atom is 0.127 e. The van der Waals surface area contributed by atoms with Gasteiger partial charge >= 0.3 is 0 Å². The van der Waals surface area contributed by atoms with Crippen LogP contribution in [0.3, 0.4) is 0 Å². The summed E-state index contributed by atoms with van der Waals surface area (Å²) >= 11 is 13.2. The first-order valence-corrected chi connectivity index (χ1v) is 12.9.